The first-order chi connectivity index (χ1) is 13.5. The van der Waals surface area contributed by atoms with Crippen molar-refractivity contribution in [2.24, 2.45) is 11.0 Å². The van der Waals surface area contributed by atoms with Crippen LogP contribution in [0.4, 0.5) is 0 Å². The average molecular weight is 405 g/mol. The summed E-state index contributed by atoms with van der Waals surface area (Å²) in [6, 6.07) is 7.37. The Morgan fingerprint density at radius 1 is 1.29 bits per heavy atom. The number of hydrogen-bond donors (Lipinski definition) is 1. The third-order valence-electron chi connectivity index (χ3n) is 5.29. The number of carbonyl (C=O) groups excluding carboxylic acids is 2. The van der Waals surface area contributed by atoms with Crippen LogP contribution >= 0.6 is 11.6 Å². The Hall–Kier alpha value is -1.92. The van der Waals surface area contributed by atoms with Crippen LogP contribution in [-0.4, -0.2) is 60.2 Å². The van der Waals surface area contributed by atoms with E-state index < -0.39 is 0 Å². The number of benzene rings is 1. The number of halogens is 1. The molecular formula is C21H29ClN4O2. The molecule has 1 N–H and O–H groups in total. The van der Waals surface area contributed by atoms with E-state index in [4.69, 9.17) is 11.6 Å². The first kappa shape index (κ1) is 20.8. The third-order valence-corrected chi connectivity index (χ3v) is 5.54. The summed E-state index contributed by atoms with van der Waals surface area (Å²) in [5.41, 5.74) is 1.74. The number of hydrazone groups is 1. The van der Waals surface area contributed by atoms with Gasteiger partial charge in [-0.15, -0.1) is 0 Å². The Labute approximate surface area is 171 Å². The molecule has 152 valence electrons. The minimum Gasteiger partial charge on any atom is -0.354 e. The zero-order valence-electron chi connectivity index (χ0n) is 16.5. The van der Waals surface area contributed by atoms with Crippen molar-refractivity contribution in [2.45, 2.75) is 39.0 Å². The first-order valence-corrected chi connectivity index (χ1v) is 10.5. The first-order valence-electron chi connectivity index (χ1n) is 10.1. The quantitative estimate of drug-likeness (QED) is 0.710. The summed E-state index contributed by atoms with van der Waals surface area (Å²) in [6.45, 7) is 6.20. The summed E-state index contributed by atoms with van der Waals surface area (Å²) in [4.78, 5) is 26.9. The summed E-state index contributed by atoms with van der Waals surface area (Å²) < 4.78 is 0. The second-order valence-corrected chi connectivity index (χ2v) is 8.19. The van der Waals surface area contributed by atoms with E-state index in [-0.39, 0.29) is 18.4 Å². The van der Waals surface area contributed by atoms with Crippen LogP contribution in [0.5, 0.6) is 0 Å². The molecule has 0 spiro atoms. The highest BCUT2D eigenvalue weighted by molar-refractivity contribution is 6.30. The van der Waals surface area contributed by atoms with E-state index in [0.29, 0.717) is 24.4 Å². The molecule has 6 nitrogen and oxygen atoms in total. The second kappa shape index (κ2) is 10.0. The maximum atomic E-state index is 12.2. The van der Waals surface area contributed by atoms with E-state index in [1.807, 2.05) is 12.1 Å². The molecule has 1 atom stereocenters. The highest BCUT2D eigenvalue weighted by Gasteiger charge is 2.23. The standard InChI is InChI=1S/C21H29ClN4O2/c1-16-4-2-12-25(14-16)13-3-11-23-20(27)15-26-21(28)10-9-19(24-26)17-5-7-18(22)8-6-17/h5-8,16H,2-4,9-15H2,1H3,(H,23,27). The van der Waals surface area contributed by atoms with Crippen LogP contribution in [0.1, 0.15) is 44.6 Å². The van der Waals surface area contributed by atoms with E-state index in [1.165, 1.54) is 17.9 Å². The molecule has 0 bridgehead atoms. The largest absolute Gasteiger partial charge is 0.354 e. The van der Waals surface area contributed by atoms with Crippen molar-refractivity contribution in [3.8, 4) is 0 Å². The SMILES string of the molecule is CC1CCCN(CCCNC(=O)CN2N=C(c3ccc(Cl)cc3)CCC2=O)C1. The van der Waals surface area contributed by atoms with Crippen molar-refractivity contribution in [3.05, 3.63) is 34.9 Å². The maximum Gasteiger partial charge on any atom is 0.243 e. The number of hydrogen-bond acceptors (Lipinski definition) is 4. The number of likely N-dealkylation sites (tertiary alicyclic amines) is 1. The smallest absolute Gasteiger partial charge is 0.243 e. The summed E-state index contributed by atoms with van der Waals surface area (Å²) in [6.07, 6.45) is 4.44. The molecule has 2 aliphatic heterocycles. The van der Waals surface area contributed by atoms with Gasteiger partial charge in [0.15, 0.2) is 0 Å². The predicted octanol–water partition coefficient (Wildman–Crippen LogP) is 2.90. The van der Waals surface area contributed by atoms with Gasteiger partial charge < -0.3 is 10.2 Å². The monoisotopic (exact) mass is 404 g/mol. The maximum absolute atomic E-state index is 12.2. The lowest BCUT2D eigenvalue weighted by atomic mass is 10.0. The molecule has 1 aromatic carbocycles. The molecule has 7 heteroatoms. The van der Waals surface area contributed by atoms with Crippen molar-refractivity contribution in [2.75, 3.05) is 32.7 Å². The highest BCUT2D eigenvalue weighted by Crippen LogP contribution is 2.17. The minimum absolute atomic E-state index is 0.0311. The zero-order valence-corrected chi connectivity index (χ0v) is 17.2. The van der Waals surface area contributed by atoms with E-state index in [1.54, 1.807) is 12.1 Å². The molecule has 0 radical (unpaired) electrons. The van der Waals surface area contributed by atoms with Gasteiger partial charge in [0.2, 0.25) is 11.8 Å². The van der Waals surface area contributed by atoms with Gasteiger partial charge in [-0.05, 0) is 56.0 Å². The van der Waals surface area contributed by atoms with Crippen molar-refractivity contribution in [3.63, 3.8) is 0 Å². The van der Waals surface area contributed by atoms with Gasteiger partial charge in [-0.1, -0.05) is 30.7 Å². The summed E-state index contributed by atoms with van der Waals surface area (Å²) >= 11 is 5.93. The van der Waals surface area contributed by atoms with Gasteiger partial charge in [-0.25, -0.2) is 5.01 Å². The Morgan fingerprint density at radius 3 is 2.82 bits per heavy atom. The topological polar surface area (TPSA) is 65.0 Å². The normalized spacial score (nSPS) is 20.8. The molecule has 0 aliphatic carbocycles. The number of nitrogens with one attached hydrogen (secondary N) is 1. The molecule has 28 heavy (non-hydrogen) atoms. The zero-order chi connectivity index (χ0) is 19.9. The van der Waals surface area contributed by atoms with E-state index >= 15 is 0 Å². The van der Waals surface area contributed by atoms with Crippen LogP contribution in [0.15, 0.2) is 29.4 Å². The van der Waals surface area contributed by atoms with E-state index in [2.05, 4.69) is 22.2 Å². The van der Waals surface area contributed by atoms with Crippen molar-refractivity contribution < 1.29 is 9.59 Å². The summed E-state index contributed by atoms with van der Waals surface area (Å²) in [5, 5.41) is 9.26. The fourth-order valence-electron chi connectivity index (χ4n) is 3.79. The van der Waals surface area contributed by atoms with Gasteiger partial charge in [-0.3, -0.25) is 9.59 Å². The van der Waals surface area contributed by atoms with Gasteiger partial charge in [0.05, 0.1) is 5.71 Å². The number of piperidine rings is 1. The van der Waals surface area contributed by atoms with Crippen LogP contribution in [0.3, 0.4) is 0 Å². The Bertz CT molecular complexity index is 720. The molecule has 1 fully saturated rings. The predicted molar refractivity (Wildman–Crippen MR) is 111 cm³/mol. The minimum atomic E-state index is -0.165. The average Bonchev–Trinajstić information content (AvgIpc) is 2.68. The number of nitrogens with zero attached hydrogens (tertiary/aromatic N) is 3. The van der Waals surface area contributed by atoms with Crippen LogP contribution < -0.4 is 5.32 Å². The fourth-order valence-corrected chi connectivity index (χ4v) is 3.91. The summed E-state index contributed by atoms with van der Waals surface area (Å²) in [7, 11) is 0. The number of rotatable bonds is 7. The van der Waals surface area contributed by atoms with Crippen LogP contribution in [-0.2, 0) is 9.59 Å². The molecule has 2 aliphatic rings. The Morgan fingerprint density at radius 2 is 2.07 bits per heavy atom. The highest BCUT2D eigenvalue weighted by atomic mass is 35.5. The lowest BCUT2D eigenvalue weighted by Gasteiger charge is -2.30. The van der Waals surface area contributed by atoms with Crippen LogP contribution in [0.2, 0.25) is 5.02 Å². The molecule has 2 amide bonds. The Balaban J connectivity index is 1.45. The van der Waals surface area contributed by atoms with Gasteiger partial charge in [-0.2, -0.15) is 5.10 Å². The molecule has 0 aromatic heterocycles. The third kappa shape index (κ3) is 6.04. The molecule has 2 heterocycles. The second-order valence-electron chi connectivity index (χ2n) is 7.76. The molecule has 1 unspecified atom stereocenters. The van der Waals surface area contributed by atoms with E-state index in [9.17, 15) is 9.59 Å². The molecular weight excluding hydrogens is 376 g/mol. The Kier molecular flexibility index (Phi) is 7.45. The number of carbonyl (C=O) groups is 2. The molecule has 0 saturated carbocycles. The van der Waals surface area contributed by atoms with E-state index in [0.717, 1.165) is 43.2 Å². The van der Waals surface area contributed by atoms with Crippen molar-refractivity contribution in [1.82, 2.24) is 15.2 Å². The van der Waals surface area contributed by atoms with Gasteiger partial charge in [0.25, 0.3) is 0 Å². The molecule has 1 saturated heterocycles. The summed E-state index contributed by atoms with van der Waals surface area (Å²) in [5.74, 6) is 0.484. The van der Waals surface area contributed by atoms with Crippen molar-refractivity contribution in [1.29, 1.82) is 0 Å². The molecule has 1 aromatic rings. The fraction of sp³-hybridized carbons (Fsp3) is 0.571. The lowest BCUT2D eigenvalue weighted by molar-refractivity contribution is -0.136. The van der Waals surface area contributed by atoms with Gasteiger partial charge >= 0.3 is 0 Å². The van der Waals surface area contributed by atoms with Gasteiger partial charge in [0.1, 0.15) is 6.54 Å². The van der Waals surface area contributed by atoms with Gasteiger partial charge in [0, 0.05) is 31.0 Å². The number of amides is 2. The molecule has 3 rings (SSSR count). The lowest BCUT2D eigenvalue weighted by Crippen LogP contribution is -2.41. The van der Waals surface area contributed by atoms with Crippen LogP contribution in [0, 0.1) is 5.92 Å². The van der Waals surface area contributed by atoms with Crippen LogP contribution in [0.25, 0.3) is 0 Å². The van der Waals surface area contributed by atoms with Crippen molar-refractivity contribution >= 4 is 29.1 Å².